The first-order chi connectivity index (χ1) is 11.4. The van der Waals surface area contributed by atoms with E-state index in [1.165, 1.54) is 26.4 Å². The van der Waals surface area contributed by atoms with Crippen LogP contribution in [0.1, 0.15) is 40.4 Å². The van der Waals surface area contributed by atoms with Crippen LogP contribution in [0.4, 0.5) is 0 Å². The molecule has 0 aliphatic carbocycles. The highest BCUT2D eigenvalue weighted by Gasteiger charge is 2.25. The molecule has 0 aliphatic heterocycles. The predicted molar refractivity (Wildman–Crippen MR) is 91.5 cm³/mol. The fourth-order valence-corrected chi connectivity index (χ4v) is 2.71. The Labute approximate surface area is 141 Å². The molecule has 0 amide bonds. The quantitative estimate of drug-likeness (QED) is 0.791. The van der Waals surface area contributed by atoms with Crippen LogP contribution in [-0.2, 0) is 6.42 Å². The minimum absolute atomic E-state index is 0.0197. The summed E-state index contributed by atoms with van der Waals surface area (Å²) in [5, 5.41) is 20.4. The second-order valence-electron chi connectivity index (χ2n) is 5.58. The number of carbonyl (C=O) groups is 1. The minimum atomic E-state index is -0.418. The SMILES string of the molecule is CCCc1c(O)ccc(C(=O)c2c(OC)cc(C)cc2OC)c1O. The van der Waals surface area contributed by atoms with Crippen molar-refractivity contribution in [2.45, 2.75) is 26.7 Å². The van der Waals surface area contributed by atoms with E-state index in [-0.39, 0.29) is 22.6 Å². The van der Waals surface area contributed by atoms with Crippen molar-refractivity contribution in [1.82, 2.24) is 0 Å². The van der Waals surface area contributed by atoms with Gasteiger partial charge in [-0.05, 0) is 43.2 Å². The van der Waals surface area contributed by atoms with E-state index < -0.39 is 5.78 Å². The van der Waals surface area contributed by atoms with Gasteiger partial charge in [-0.3, -0.25) is 4.79 Å². The summed E-state index contributed by atoms with van der Waals surface area (Å²) < 4.78 is 10.6. The molecule has 0 aliphatic rings. The molecule has 0 saturated carbocycles. The fraction of sp³-hybridized carbons (Fsp3) is 0.316. The molecule has 24 heavy (non-hydrogen) atoms. The van der Waals surface area contributed by atoms with Crippen LogP contribution in [0.15, 0.2) is 24.3 Å². The molecule has 0 spiro atoms. The molecule has 5 heteroatoms. The largest absolute Gasteiger partial charge is 0.508 e. The second-order valence-corrected chi connectivity index (χ2v) is 5.58. The van der Waals surface area contributed by atoms with Gasteiger partial charge in [0.25, 0.3) is 0 Å². The lowest BCUT2D eigenvalue weighted by molar-refractivity contribution is 0.103. The molecule has 0 radical (unpaired) electrons. The van der Waals surface area contributed by atoms with Gasteiger partial charge in [0.15, 0.2) is 0 Å². The van der Waals surface area contributed by atoms with Crippen LogP contribution < -0.4 is 9.47 Å². The number of hydrogen-bond donors (Lipinski definition) is 2. The maximum atomic E-state index is 13.0. The Morgan fingerprint density at radius 1 is 1.08 bits per heavy atom. The summed E-state index contributed by atoms with van der Waals surface area (Å²) in [7, 11) is 2.95. The molecule has 0 bridgehead atoms. The number of aryl methyl sites for hydroxylation is 1. The fourth-order valence-electron chi connectivity index (χ4n) is 2.71. The van der Waals surface area contributed by atoms with E-state index in [1.54, 1.807) is 12.1 Å². The van der Waals surface area contributed by atoms with E-state index in [0.717, 1.165) is 12.0 Å². The average molecular weight is 330 g/mol. The third-order valence-corrected chi connectivity index (χ3v) is 3.88. The number of rotatable bonds is 6. The van der Waals surface area contributed by atoms with E-state index >= 15 is 0 Å². The van der Waals surface area contributed by atoms with Crippen molar-refractivity contribution in [1.29, 1.82) is 0 Å². The van der Waals surface area contributed by atoms with Crippen LogP contribution in [0.25, 0.3) is 0 Å². The first kappa shape index (κ1) is 17.7. The Morgan fingerprint density at radius 2 is 1.67 bits per heavy atom. The number of ketones is 1. The number of ether oxygens (including phenoxy) is 2. The number of phenolic OH excluding ortho intramolecular Hbond substituents is 2. The van der Waals surface area contributed by atoms with Crippen LogP contribution in [0, 0.1) is 6.92 Å². The number of methoxy groups -OCH3 is 2. The second kappa shape index (κ2) is 7.25. The van der Waals surface area contributed by atoms with Crippen LogP contribution >= 0.6 is 0 Å². The third kappa shape index (κ3) is 3.15. The standard InChI is InChI=1S/C19H22O5/c1-5-6-12-14(20)8-7-13(18(12)21)19(22)17-15(23-3)9-11(2)10-16(17)24-4/h7-10,20-21H,5-6H2,1-4H3. The number of hydrogen-bond acceptors (Lipinski definition) is 5. The zero-order valence-electron chi connectivity index (χ0n) is 14.3. The first-order valence-corrected chi connectivity index (χ1v) is 7.75. The lowest BCUT2D eigenvalue weighted by Crippen LogP contribution is -2.08. The van der Waals surface area contributed by atoms with Crippen molar-refractivity contribution in [3.05, 3.63) is 46.5 Å². The molecule has 128 valence electrons. The van der Waals surface area contributed by atoms with Crippen molar-refractivity contribution in [3.63, 3.8) is 0 Å². The number of benzene rings is 2. The number of aromatic hydroxyl groups is 2. The van der Waals surface area contributed by atoms with E-state index in [4.69, 9.17) is 9.47 Å². The highest BCUT2D eigenvalue weighted by molar-refractivity contribution is 6.14. The summed E-state index contributed by atoms with van der Waals surface area (Å²) in [5.74, 6) is 0.113. The molecule has 0 fully saturated rings. The van der Waals surface area contributed by atoms with Gasteiger partial charge in [0.2, 0.25) is 5.78 Å². The maximum Gasteiger partial charge on any atom is 0.204 e. The highest BCUT2D eigenvalue weighted by Crippen LogP contribution is 2.37. The molecule has 0 saturated heterocycles. The van der Waals surface area contributed by atoms with E-state index in [2.05, 4.69) is 0 Å². The molecule has 2 N–H and O–H groups in total. The molecule has 0 unspecified atom stereocenters. The van der Waals surface area contributed by atoms with Crippen LogP contribution in [0.2, 0.25) is 0 Å². The van der Waals surface area contributed by atoms with Gasteiger partial charge in [-0.2, -0.15) is 0 Å². The van der Waals surface area contributed by atoms with Crippen molar-refractivity contribution >= 4 is 5.78 Å². The molecule has 2 rings (SSSR count). The zero-order chi connectivity index (χ0) is 17.9. The normalized spacial score (nSPS) is 10.5. The van der Waals surface area contributed by atoms with Crippen molar-refractivity contribution in [2.75, 3.05) is 14.2 Å². The van der Waals surface area contributed by atoms with Crippen LogP contribution in [-0.4, -0.2) is 30.2 Å². The van der Waals surface area contributed by atoms with Gasteiger partial charge in [-0.15, -0.1) is 0 Å². The predicted octanol–water partition coefficient (Wildman–Crippen LogP) is 3.61. The molecule has 2 aromatic rings. The summed E-state index contributed by atoms with van der Waals surface area (Å²) in [6, 6.07) is 6.30. The van der Waals surface area contributed by atoms with E-state index in [1.807, 2.05) is 13.8 Å². The third-order valence-electron chi connectivity index (χ3n) is 3.88. The minimum Gasteiger partial charge on any atom is -0.508 e. The van der Waals surface area contributed by atoms with Gasteiger partial charge < -0.3 is 19.7 Å². The highest BCUT2D eigenvalue weighted by atomic mass is 16.5. The smallest absolute Gasteiger partial charge is 0.204 e. The lowest BCUT2D eigenvalue weighted by atomic mass is 9.95. The van der Waals surface area contributed by atoms with Crippen LogP contribution in [0.3, 0.4) is 0 Å². The Bertz CT molecular complexity index is 740. The Hall–Kier alpha value is -2.69. The molecule has 0 atom stereocenters. The summed E-state index contributed by atoms with van der Waals surface area (Å²) in [6.45, 7) is 3.80. The molecule has 0 heterocycles. The van der Waals surface area contributed by atoms with Crippen LogP contribution in [0.5, 0.6) is 23.0 Å². The number of carbonyl (C=O) groups excluding carboxylic acids is 1. The van der Waals surface area contributed by atoms with Gasteiger partial charge in [0.1, 0.15) is 28.6 Å². The topological polar surface area (TPSA) is 76.0 Å². The van der Waals surface area contributed by atoms with Gasteiger partial charge in [0, 0.05) is 5.56 Å². The summed E-state index contributed by atoms with van der Waals surface area (Å²) in [5.41, 5.74) is 1.61. The van der Waals surface area contributed by atoms with Crippen molar-refractivity contribution < 1.29 is 24.5 Å². The van der Waals surface area contributed by atoms with Gasteiger partial charge in [-0.25, -0.2) is 0 Å². The monoisotopic (exact) mass is 330 g/mol. The van der Waals surface area contributed by atoms with E-state index in [9.17, 15) is 15.0 Å². The molecule has 2 aromatic carbocycles. The average Bonchev–Trinajstić information content (AvgIpc) is 2.57. The number of phenols is 2. The molecular weight excluding hydrogens is 308 g/mol. The molecular formula is C19H22O5. The zero-order valence-corrected chi connectivity index (χ0v) is 14.3. The van der Waals surface area contributed by atoms with Crippen molar-refractivity contribution in [3.8, 4) is 23.0 Å². The Kier molecular flexibility index (Phi) is 5.34. The van der Waals surface area contributed by atoms with Crippen molar-refractivity contribution in [2.24, 2.45) is 0 Å². The first-order valence-electron chi connectivity index (χ1n) is 7.75. The molecule has 5 nitrogen and oxygen atoms in total. The molecule has 0 aromatic heterocycles. The van der Waals surface area contributed by atoms with E-state index in [0.29, 0.717) is 23.5 Å². The summed E-state index contributed by atoms with van der Waals surface area (Å²) >= 11 is 0. The summed E-state index contributed by atoms with van der Waals surface area (Å²) in [4.78, 5) is 13.0. The van der Waals surface area contributed by atoms with Gasteiger partial charge in [0.05, 0.1) is 19.8 Å². The Balaban J connectivity index is 2.64. The van der Waals surface area contributed by atoms with Gasteiger partial charge >= 0.3 is 0 Å². The lowest BCUT2D eigenvalue weighted by Gasteiger charge is -2.15. The van der Waals surface area contributed by atoms with Gasteiger partial charge in [-0.1, -0.05) is 13.3 Å². The Morgan fingerprint density at radius 3 is 2.17 bits per heavy atom. The summed E-state index contributed by atoms with van der Waals surface area (Å²) in [6.07, 6.45) is 1.21. The maximum absolute atomic E-state index is 13.0.